The molecule has 4 aliphatic carbocycles. The van der Waals surface area contributed by atoms with Crippen LogP contribution in [-0.2, 0) is 9.59 Å². The molecule has 4 saturated carbocycles. The topological polar surface area (TPSA) is 34.1 Å². The summed E-state index contributed by atoms with van der Waals surface area (Å²) in [6, 6.07) is 0. The summed E-state index contributed by atoms with van der Waals surface area (Å²) in [5.74, 6) is 5.25. The molecule has 2 nitrogen and oxygen atoms in total. The second-order valence-electron chi connectivity index (χ2n) is 12.4. The van der Waals surface area contributed by atoms with Crippen LogP contribution in [0.3, 0.4) is 0 Å². The van der Waals surface area contributed by atoms with E-state index < -0.39 is 0 Å². The van der Waals surface area contributed by atoms with Crippen molar-refractivity contribution in [1.29, 1.82) is 0 Å². The summed E-state index contributed by atoms with van der Waals surface area (Å²) in [6.07, 6.45) is 12.4. The van der Waals surface area contributed by atoms with Gasteiger partial charge in [0, 0.05) is 25.2 Å². The summed E-state index contributed by atoms with van der Waals surface area (Å²) in [4.78, 5) is 25.3. The second kappa shape index (κ2) is 7.79. The van der Waals surface area contributed by atoms with Crippen LogP contribution in [0.15, 0.2) is 0 Å². The molecule has 0 radical (unpaired) electrons. The van der Waals surface area contributed by atoms with Gasteiger partial charge in [0.15, 0.2) is 0 Å². The van der Waals surface area contributed by atoms with Crippen LogP contribution in [-0.4, -0.2) is 11.6 Å². The third-order valence-corrected chi connectivity index (χ3v) is 10.5. The summed E-state index contributed by atoms with van der Waals surface area (Å²) in [5, 5.41) is 0. The fourth-order valence-corrected chi connectivity index (χ4v) is 8.86. The Labute approximate surface area is 179 Å². The minimum Gasteiger partial charge on any atom is -0.300 e. The standard InChI is InChI=1S/C27H44O2/c1-17(2)7-6-8-18(3)21-9-10-22-20-16-25(29)24-15-19(28)11-13-27(24,5)23(20)12-14-26(21,22)4/h17-18,20-24H,6-16H2,1-5H3/t18-,20+,21-,22+,23+,24+,26-,27-/m1/s1. The van der Waals surface area contributed by atoms with Gasteiger partial charge in [-0.1, -0.05) is 53.9 Å². The van der Waals surface area contributed by atoms with Gasteiger partial charge in [-0.2, -0.15) is 0 Å². The molecule has 0 unspecified atom stereocenters. The zero-order chi connectivity index (χ0) is 21.0. The maximum absolute atomic E-state index is 13.2. The lowest BCUT2D eigenvalue weighted by Gasteiger charge is -2.59. The number of fused-ring (bicyclic) bond motifs is 5. The third kappa shape index (κ3) is 3.55. The van der Waals surface area contributed by atoms with E-state index in [4.69, 9.17) is 0 Å². The van der Waals surface area contributed by atoms with Crippen LogP contribution >= 0.6 is 0 Å². The number of ketones is 2. The van der Waals surface area contributed by atoms with E-state index >= 15 is 0 Å². The predicted octanol–water partition coefficient (Wildman–Crippen LogP) is 6.86. The largest absolute Gasteiger partial charge is 0.300 e. The molecule has 164 valence electrons. The summed E-state index contributed by atoms with van der Waals surface area (Å²) in [7, 11) is 0. The van der Waals surface area contributed by atoms with E-state index in [1.807, 2.05) is 0 Å². The van der Waals surface area contributed by atoms with Crippen molar-refractivity contribution in [2.75, 3.05) is 0 Å². The molecule has 0 aromatic heterocycles. The van der Waals surface area contributed by atoms with E-state index in [9.17, 15) is 9.59 Å². The van der Waals surface area contributed by atoms with Crippen molar-refractivity contribution in [3.63, 3.8) is 0 Å². The highest BCUT2D eigenvalue weighted by Crippen LogP contribution is 2.67. The quantitative estimate of drug-likeness (QED) is 0.505. The van der Waals surface area contributed by atoms with Gasteiger partial charge >= 0.3 is 0 Å². The van der Waals surface area contributed by atoms with Gasteiger partial charge in [0.25, 0.3) is 0 Å². The molecule has 0 saturated heterocycles. The maximum atomic E-state index is 13.2. The summed E-state index contributed by atoms with van der Waals surface area (Å²) < 4.78 is 0. The van der Waals surface area contributed by atoms with E-state index in [1.165, 1.54) is 44.9 Å². The minimum atomic E-state index is 0.0292. The van der Waals surface area contributed by atoms with Crippen molar-refractivity contribution >= 4 is 11.6 Å². The number of carbonyl (C=O) groups excluding carboxylic acids is 2. The molecule has 0 heterocycles. The van der Waals surface area contributed by atoms with Gasteiger partial charge in [-0.05, 0) is 78.4 Å². The first-order valence-corrected chi connectivity index (χ1v) is 12.7. The SMILES string of the molecule is CC(C)CCC[C@@H](C)[C@H]1CC[C@H]2[C@@H]3CC(=O)[C@@H]4CC(=O)CC[C@]4(C)[C@H]3CC[C@]12C. The van der Waals surface area contributed by atoms with Gasteiger partial charge in [-0.25, -0.2) is 0 Å². The fourth-order valence-electron chi connectivity index (χ4n) is 8.86. The van der Waals surface area contributed by atoms with E-state index in [0.29, 0.717) is 41.7 Å². The Bertz CT molecular complexity index is 651. The molecular formula is C27H44O2. The van der Waals surface area contributed by atoms with Crippen LogP contribution in [0.2, 0.25) is 0 Å². The first-order chi connectivity index (χ1) is 13.7. The maximum Gasteiger partial charge on any atom is 0.137 e. The van der Waals surface area contributed by atoms with Gasteiger partial charge in [-0.15, -0.1) is 0 Å². The van der Waals surface area contributed by atoms with Crippen LogP contribution in [0.4, 0.5) is 0 Å². The van der Waals surface area contributed by atoms with Crippen LogP contribution in [0.5, 0.6) is 0 Å². The molecule has 0 N–H and O–H groups in total. The number of Topliss-reactive ketones (excluding diaryl/α,β-unsaturated/α-hetero) is 2. The molecule has 2 heteroatoms. The van der Waals surface area contributed by atoms with Crippen molar-refractivity contribution in [1.82, 2.24) is 0 Å². The molecule has 0 amide bonds. The number of rotatable bonds is 5. The fraction of sp³-hybridized carbons (Fsp3) is 0.926. The van der Waals surface area contributed by atoms with E-state index in [2.05, 4.69) is 34.6 Å². The average molecular weight is 401 g/mol. The number of carbonyl (C=O) groups is 2. The zero-order valence-corrected chi connectivity index (χ0v) is 19.6. The highest BCUT2D eigenvalue weighted by molar-refractivity contribution is 5.90. The molecule has 0 aromatic rings. The first kappa shape index (κ1) is 21.6. The van der Waals surface area contributed by atoms with Crippen LogP contribution in [0, 0.1) is 52.3 Å². The van der Waals surface area contributed by atoms with Crippen LogP contribution in [0.25, 0.3) is 0 Å². The van der Waals surface area contributed by atoms with E-state index in [0.717, 1.165) is 36.5 Å². The molecule has 0 aliphatic heterocycles. The van der Waals surface area contributed by atoms with Crippen molar-refractivity contribution < 1.29 is 9.59 Å². The molecular weight excluding hydrogens is 356 g/mol. The average Bonchev–Trinajstić information content (AvgIpc) is 3.00. The number of hydrogen-bond acceptors (Lipinski definition) is 2. The van der Waals surface area contributed by atoms with Crippen molar-refractivity contribution in [2.24, 2.45) is 52.3 Å². The van der Waals surface area contributed by atoms with Gasteiger partial charge in [0.1, 0.15) is 11.6 Å². The molecule has 4 fully saturated rings. The highest BCUT2D eigenvalue weighted by atomic mass is 16.1. The Balaban J connectivity index is 1.51. The zero-order valence-electron chi connectivity index (χ0n) is 19.6. The van der Waals surface area contributed by atoms with Crippen molar-refractivity contribution in [3.05, 3.63) is 0 Å². The lowest BCUT2D eigenvalue weighted by Crippen LogP contribution is -2.56. The van der Waals surface area contributed by atoms with E-state index in [1.54, 1.807) is 0 Å². The Kier molecular flexibility index (Phi) is 5.79. The highest BCUT2D eigenvalue weighted by Gasteiger charge is 2.62. The van der Waals surface area contributed by atoms with Crippen molar-refractivity contribution in [3.8, 4) is 0 Å². The summed E-state index contributed by atoms with van der Waals surface area (Å²) >= 11 is 0. The summed E-state index contributed by atoms with van der Waals surface area (Å²) in [5.41, 5.74) is 0.530. The first-order valence-electron chi connectivity index (χ1n) is 12.7. The van der Waals surface area contributed by atoms with Gasteiger partial charge in [0.2, 0.25) is 0 Å². The number of hydrogen-bond donors (Lipinski definition) is 0. The Morgan fingerprint density at radius 1 is 0.897 bits per heavy atom. The molecule has 29 heavy (non-hydrogen) atoms. The lowest BCUT2D eigenvalue weighted by atomic mass is 9.44. The Morgan fingerprint density at radius 2 is 1.62 bits per heavy atom. The van der Waals surface area contributed by atoms with Gasteiger partial charge < -0.3 is 0 Å². The van der Waals surface area contributed by atoms with Gasteiger partial charge in [-0.3, -0.25) is 9.59 Å². The van der Waals surface area contributed by atoms with Crippen LogP contribution in [0.1, 0.15) is 105 Å². The molecule has 0 spiro atoms. The molecule has 4 aliphatic rings. The van der Waals surface area contributed by atoms with Crippen LogP contribution < -0.4 is 0 Å². The Morgan fingerprint density at radius 3 is 2.34 bits per heavy atom. The smallest absolute Gasteiger partial charge is 0.137 e. The normalized spacial score (nSPS) is 45.7. The molecule has 0 bridgehead atoms. The Hall–Kier alpha value is -0.660. The second-order valence-corrected chi connectivity index (χ2v) is 12.4. The monoisotopic (exact) mass is 400 g/mol. The minimum absolute atomic E-state index is 0.0292. The molecule has 0 aromatic carbocycles. The molecule has 4 rings (SSSR count). The summed E-state index contributed by atoms with van der Waals surface area (Å²) in [6.45, 7) is 12.2. The van der Waals surface area contributed by atoms with Crippen molar-refractivity contribution in [2.45, 2.75) is 105 Å². The van der Waals surface area contributed by atoms with Gasteiger partial charge in [0.05, 0.1) is 0 Å². The lowest BCUT2D eigenvalue weighted by molar-refractivity contribution is -0.159. The van der Waals surface area contributed by atoms with E-state index in [-0.39, 0.29) is 11.3 Å². The molecule has 8 atom stereocenters. The predicted molar refractivity (Wildman–Crippen MR) is 118 cm³/mol. The third-order valence-electron chi connectivity index (χ3n) is 10.5.